The molecule has 0 aromatic rings. The minimum absolute atomic E-state index is 0.0289. The van der Waals surface area contributed by atoms with E-state index in [0.717, 1.165) is 12.8 Å². The van der Waals surface area contributed by atoms with E-state index in [4.69, 9.17) is 22.9 Å². The minimum Gasteiger partial charge on any atom is -0.330 e. The molecule has 0 aromatic carbocycles. The Morgan fingerprint density at radius 1 is 1.33 bits per heavy atom. The van der Waals surface area contributed by atoms with Gasteiger partial charge in [-0.15, -0.1) is 0 Å². The van der Waals surface area contributed by atoms with Gasteiger partial charge in [0, 0.05) is 6.04 Å². The minimum atomic E-state index is -0.619. The van der Waals surface area contributed by atoms with Crippen LogP contribution in [0.1, 0.15) is 26.2 Å². The first-order valence-electron chi connectivity index (χ1n) is 4.40. The lowest BCUT2D eigenvalue weighted by Gasteiger charge is -2.44. The normalized spacial score (nSPS) is 41.2. The van der Waals surface area contributed by atoms with Gasteiger partial charge >= 0.3 is 0 Å². The van der Waals surface area contributed by atoms with Crippen molar-refractivity contribution in [3.05, 3.63) is 0 Å². The van der Waals surface area contributed by atoms with E-state index < -0.39 is 5.66 Å². The Balaban J connectivity index is 2.70. The molecule has 0 aliphatic heterocycles. The summed E-state index contributed by atoms with van der Waals surface area (Å²) in [5.41, 5.74) is 22.6. The lowest BCUT2D eigenvalue weighted by molar-refractivity contribution is 0.127. The third-order valence-electron chi connectivity index (χ3n) is 2.65. The van der Waals surface area contributed by atoms with Crippen LogP contribution >= 0.6 is 0 Å². The topological polar surface area (TPSA) is 104 Å². The van der Waals surface area contributed by atoms with Gasteiger partial charge in [-0.1, -0.05) is 6.92 Å². The van der Waals surface area contributed by atoms with Crippen molar-refractivity contribution in [2.75, 3.05) is 6.54 Å². The maximum Gasteiger partial charge on any atom is 0.0657 e. The van der Waals surface area contributed by atoms with Gasteiger partial charge in [-0.2, -0.15) is 0 Å². The van der Waals surface area contributed by atoms with Crippen LogP contribution in [0.2, 0.25) is 0 Å². The number of rotatable bonds is 1. The zero-order valence-corrected chi connectivity index (χ0v) is 7.72. The molecule has 1 aliphatic carbocycles. The van der Waals surface area contributed by atoms with Crippen LogP contribution in [0.25, 0.3) is 0 Å². The lowest BCUT2D eigenvalue weighted by Crippen LogP contribution is -2.61. The summed E-state index contributed by atoms with van der Waals surface area (Å²) in [6.45, 7) is 2.71. The SMILES string of the molecule is CC1(CN)CC(N)CC(N)(N)C1. The van der Waals surface area contributed by atoms with Crippen LogP contribution in [0.15, 0.2) is 0 Å². The van der Waals surface area contributed by atoms with Crippen molar-refractivity contribution in [1.82, 2.24) is 0 Å². The Morgan fingerprint density at radius 2 is 1.92 bits per heavy atom. The number of hydrogen-bond acceptors (Lipinski definition) is 4. The molecule has 8 N–H and O–H groups in total. The standard InChI is InChI=1S/C8H20N4/c1-7(5-9)2-6(10)3-8(11,12)4-7/h6H,2-5,9-12H2,1H3. The summed E-state index contributed by atoms with van der Waals surface area (Å²) in [5, 5.41) is 0. The molecule has 1 rings (SSSR count). The molecule has 0 saturated heterocycles. The van der Waals surface area contributed by atoms with Crippen molar-refractivity contribution in [1.29, 1.82) is 0 Å². The van der Waals surface area contributed by atoms with Gasteiger partial charge in [0.25, 0.3) is 0 Å². The van der Waals surface area contributed by atoms with Crippen LogP contribution < -0.4 is 22.9 Å². The molecule has 0 heterocycles. The summed E-state index contributed by atoms with van der Waals surface area (Å²) >= 11 is 0. The Hall–Kier alpha value is -0.160. The molecular weight excluding hydrogens is 152 g/mol. The van der Waals surface area contributed by atoms with Crippen molar-refractivity contribution in [2.45, 2.75) is 37.9 Å². The molecule has 12 heavy (non-hydrogen) atoms. The second-order valence-electron chi connectivity index (χ2n) is 4.59. The summed E-state index contributed by atoms with van der Waals surface area (Å²) in [6.07, 6.45) is 2.40. The predicted molar refractivity (Wildman–Crippen MR) is 50.1 cm³/mol. The van der Waals surface area contributed by atoms with Gasteiger partial charge in [-0.25, -0.2) is 0 Å². The van der Waals surface area contributed by atoms with E-state index in [1.54, 1.807) is 0 Å². The summed E-state index contributed by atoms with van der Waals surface area (Å²) < 4.78 is 0. The fraction of sp³-hybridized carbons (Fsp3) is 1.00. The summed E-state index contributed by atoms with van der Waals surface area (Å²) in [5.74, 6) is 0. The first kappa shape index (κ1) is 9.92. The van der Waals surface area contributed by atoms with Crippen molar-refractivity contribution in [3.63, 3.8) is 0 Å². The maximum absolute atomic E-state index is 5.86. The molecule has 0 radical (unpaired) electrons. The average Bonchev–Trinajstić information content (AvgIpc) is 1.82. The van der Waals surface area contributed by atoms with Gasteiger partial charge in [-0.3, -0.25) is 0 Å². The van der Waals surface area contributed by atoms with Crippen LogP contribution in [-0.4, -0.2) is 18.2 Å². The smallest absolute Gasteiger partial charge is 0.0657 e. The van der Waals surface area contributed by atoms with E-state index in [-0.39, 0.29) is 11.5 Å². The van der Waals surface area contributed by atoms with Gasteiger partial charge in [0.2, 0.25) is 0 Å². The third-order valence-corrected chi connectivity index (χ3v) is 2.65. The summed E-state index contributed by atoms with van der Waals surface area (Å²) in [4.78, 5) is 0. The third kappa shape index (κ3) is 2.17. The fourth-order valence-electron chi connectivity index (χ4n) is 2.29. The van der Waals surface area contributed by atoms with Crippen LogP contribution in [0.5, 0.6) is 0 Å². The first-order chi connectivity index (χ1) is 5.37. The molecule has 2 atom stereocenters. The number of hydrogen-bond donors (Lipinski definition) is 4. The highest BCUT2D eigenvalue weighted by Crippen LogP contribution is 2.36. The van der Waals surface area contributed by atoms with Gasteiger partial charge in [0.15, 0.2) is 0 Å². The largest absolute Gasteiger partial charge is 0.330 e. The second-order valence-corrected chi connectivity index (χ2v) is 4.59. The van der Waals surface area contributed by atoms with Crippen LogP contribution in [0.4, 0.5) is 0 Å². The molecule has 0 spiro atoms. The van der Waals surface area contributed by atoms with Crippen molar-refractivity contribution >= 4 is 0 Å². The van der Waals surface area contributed by atoms with Gasteiger partial charge < -0.3 is 22.9 Å². The molecule has 4 nitrogen and oxygen atoms in total. The number of nitrogens with two attached hydrogens (primary N) is 4. The second kappa shape index (κ2) is 2.96. The monoisotopic (exact) mass is 172 g/mol. The average molecular weight is 172 g/mol. The van der Waals surface area contributed by atoms with E-state index in [9.17, 15) is 0 Å². The molecule has 0 bridgehead atoms. The highest BCUT2D eigenvalue weighted by Gasteiger charge is 2.39. The van der Waals surface area contributed by atoms with E-state index in [0.29, 0.717) is 13.0 Å². The molecule has 0 amide bonds. The Bertz CT molecular complexity index is 168. The lowest BCUT2D eigenvalue weighted by atomic mass is 9.69. The first-order valence-corrected chi connectivity index (χ1v) is 4.40. The zero-order chi connectivity index (χ0) is 9.41. The van der Waals surface area contributed by atoms with E-state index in [2.05, 4.69) is 6.92 Å². The Morgan fingerprint density at radius 3 is 2.33 bits per heavy atom. The van der Waals surface area contributed by atoms with E-state index in [1.165, 1.54) is 0 Å². The van der Waals surface area contributed by atoms with Crippen molar-refractivity contribution in [2.24, 2.45) is 28.3 Å². The van der Waals surface area contributed by atoms with Gasteiger partial charge in [0.05, 0.1) is 5.66 Å². The van der Waals surface area contributed by atoms with Crippen LogP contribution in [0, 0.1) is 5.41 Å². The molecular formula is C8H20N4. The van der Waals surface area contributed by atoms with Gasteiger partial charge in [-0.05, 0) is 31.2 Å². The Labute approximate surface area is 73.6 Å². The molecule has 1 fully saturated rings. The fourth-order valence-corrected chi connectivity index (χ4v) is 2.29. The highest BCUT2D eigenvalue weighted by molar-refractivity contribution is 4.97. The molecule has 4 heteroatoms. The maximum atomic E-state index is 5.86. The summed E-state index contributed by atoms with van der Waals surface area (Å²) in [7, 11) is 0. The van der Waals surface area contributed by atoms with Crippen LogP contribution in [-0.2, 0) is 0 Å². The van der Waals surface area contributed by atoms with E-state index in [1.807, 2.05) is 0 Å². The Kier molecular flexibility index (Phi) is 2.45. The van der Waals surface area contributed by atoms with Gasteiger partial charge in [0.1, 0.15) is 0 Å². The molecule has 72 valence electrons. The van der Waals surface area contributed by atoms with Crippen LogP contribution in [0.3, 0.4) is 0 Å². The van der Waals surface area contributed by atoms with Crippen molar-refractivity contribution < 1.29 is 0 Å². The molecule has 1 saturated carbocycles. The van der Waals surface area contributed by atoms with Crippen molar-refractivity contribution in [3.8, 4) is 0 Å². The summed E-state index contributed by atoms with van der Waals surface area (Å²) in [6, 6.07) is 0.0994. The molecule has 2 unspecified atom stereocenters. The van der Waals surface area contributed by atoms with E-state index >= 15 is 0 Å². The molecule has 0 aromatic heterocycles. The molecule has 1 aliphatic rings. The predicted octanol–water partition coefficient (Wildman–Crippen LogP) is -0.924. The zero-order valence-electron chi connectivity index (χ0n) is 7.72. The quantitative estimate of drug-likeness (QED) is 0.384. The highest BCUT2D eigenvalue weighted by atomic mass is 15.0.